The summed E-state index contributed by atoms with van der Waals surface area (Å²) in [6.45, 7) is 4.55. The fourth-order valence-electron chi connectivity index (χ4n) is 4.52. The van der Waals surface area contributed by atoms with Gasteiger partial charge in [-0.2, -0.15) is 16.8 Å². The van der Waals surface area contributed by atoms with Crippen molar-refractivity contribution in [1.82, 2.24) is 12.3 Å². The Morgan fingerprint density at radius 2 is 0.927 bits per heavy atom. The van der Waals surface area contributed by atoms with Crippen molar-refractivity contribution in [3.8, 4) is 0 Å². The van der Waals surface area contributed by atoms with Gasteiger partial charge in [-0.1, -0.05) is 148 Å². The smallest absolute Gasteiger partial charge is 0.344 e. The summed E-state index contributed by atoms with van der Waals surface area (Å²) in [5.74, 6) is 0. The van der Waals surface area contributed by atoms with Crippen LogP contribution in [0.25, 0.3) is 0 Å². The molecule has 0 fully saturated rings. The zero-order valence-electron chi connectivity index (χ0n) is 26.0. The summed E-state index contributed by atoms with van der Waals surface area (Å²) in [6, 6.07) is 6.73. The predicted octanol–water partition coefficient (Wildman–Crippen LogP) is 9.45. The van der Waals surface area contributed by atoms with Gasteiger partial charge in [0, 0.05) is 0 Å². The van der Waals surface area contributed by atoms with E-state index >= 15 is 0 Å². The molecule has 1 aromatic rings. The van der Waals surface area contributed by atoms with Gasteiger partial charge in [-0.15, -0.1) is 0 Å². The van der Waals surface area contributed by atoms with Crippen molar-refractivity contribution in [3.05, 3.63) is 29.8 Å². The predicted molar refractivity (Wildman–Crippen MR) is 171 cm³/mol. The first-order valence-electron chi connectivity index (χ1n) is 15.3. The maximum Gasteiger partial charge on any atom is 0.397 e. The van der Waals surface area contributed by atoms with Crippen LogP contribution in [0.3, 0.4) is 0 Å². The van der Waals surface area contributed by atoms with E-state index in [4.69, 9.17) is 4.55 Å². The lowest BCUT2D eigenvalue weighted by molar-refractivity contribution is 0.261. The van der Waals surface area contributed by atoms with Gasteiger partial charge >= 0.3 is 10.4 Å². The molecule has 0 amide bonds. The Morgan fingerprint density at radius 3 is 1.32 bits per heavy atom. The van der Waals surface area contributed by atoms with Gasteiger partial charge < -0.3 is 12.3 Å². The normalized spacial score (nSPS) is 11.2. The van der Waals surface area contributed by atoms with E-state index in [0.717, 1.165) is 31.2 Å². The fraction of sp³-hybridized carbons (Fsp3) is 0.800. The fourth-order valence-corrected chi connectivity index (χ4v) is 5.60. The van der Waals surface area contributed by atoms with Crippen LogP contribution in [0.1, 0.15) is 148 Å². The molecular weight excluding hydrogens is 564 g/mol. The molecule has 0 atom stereocenters. The molecule has 9 nitrogen and oxygen atoms in total. The Hall–Kier alpha value is -1.08. The summed E-state index contributed by atoms with van der Waals surface area (Å²) >= 11 is 0. The van der Waals surface area contributed by atoms with Crippen LogP contribution >= 0.6 is 0 Å². The molecule has 0 radical (unpaired) electrons. The zero-order chi connectivity index (χ0) is 29.2. The molecule has 0 aliphatic heterocycles. The van der Waals surface area contributed by atoms with Gasteiger partial charge in [0.25, 0.3) is 10.1 Å². The van der Waals surface area contributed by atoms with Crippen molar-refractivity contribution in [3.63, 3.8) is 0 Å². The lowest BCUT2D eigenvalue weighted by Crippen LogP contribution is -2.04. The summed E-state index contributed by atoms with van der Waals surface area (Å²) in [4.78, 5) is 0.0610. The van der Waals surface area contributed by atoms with Gasteiger partial charge in [0.15, 0.2) is 0 Å². The average molecular weight is 627 g/mol. The molecular formula is C30H62N2O7S2. The van der Waals surface area contributed by atoms with Gasteiger partial charge in [0.05, 0.1) is 11.5 Å². The lowest BCUT2D eigenvalue weighted by atomic mass is 10.0. The number of hydrogen-bond acceptors (Lipinski definition) is 7. The zero-order valence-corrected chi connectivity index (χ0v) is 27.7. The SMILES string of the molecule is CCCCCCCCCCCCOS(=O)(=O)O.CCCCCCCCCCCCc1ccccc1S(=O)(=O)O.N.N. The summed E-state index contributed by atoms with van der Waals surface area (Å²) in [5.41, 5.74) is 0.726. The number of aryl methyl sites for hydroxylation is 1. The number of unbranched alkanes of at least 4 members (excludes halogenated alkanes) is 18. The second-order valence-corrected chi connectivity index (χ2v) is 12.9. The molecule has 11 heteroatoms. The minimum Gasteiger partial charge on any atom is -0.344 e. The van der Waals surface area contributed by atoms with Crippen LogP contribution in [0.2, 0.25) is 0 Å². The van der Waals surface area contributed by atoms with Crippen LogP contribution in [0.4, 0.5) is 0 Å². The van der Waals surface area contributed by atoms with Crippen molar-refractivity contribution in [2.75, 3.05) is 6.61 Å². The monoisotopic (exact) mass is 626 g/mol. The first-order valence-corrected chi connectivity index (χ1v) is 18.1. The van der Waals surface area contributed by atoms with E-state index in [1.54, 1.807) is 12.1 Å². The third-order valence-electron chi connectivity index (χ3n) is 6.78. The Labute approximate surface area is 252 Å². The highest BCUT2D eigenvalue weighted by atomic mass is 32.3. The highest BCUT2D eigenvalue weighted by molar-refractivity contribution is 7.85. The molecule has 0 aliphatic carbocycles. The molecule has 41 heavy (non-hydrogen) atoms. The minimum absolute atomic E-state index is 0. The van der Waals surface area contributed by atoms with Gasteiger partial charge in [-0.05, 0) is 30.9 Å². The van der Waals surface area contributed by atoms with E-state index in [0.29, 0.717) is 12.8 Å². The highest BCUT2D eigenvalue weighted by Gasteiger charge is 2.13. The van der Waals surface area contributed by atoms with Gasteiger partial charge in [-0.25, -0.2) is 4.18 Å². The summed E-state index contributed by atoms with van der Waals surface area (Å²) in [7, 11) is -8.33. The van der Waals surface area contributed by atoms with Crippen LogP contribution in [-0.4, -0.2) is 32.5 Å². The Bertz CT molecular complexity index is 911. The number of rotatable bonds is 24. The highest BCUT2D eigenvalue weighted by Crippen LogP contribution is 2.18. The molecule has 1 aromatic carbocycles. The topological polar surface area (TPSA) is 188 Å². The molecule has 8 N–H and O–H groups in total. The average Bonchev–Trinajstić information content (AvgIpc) is 2.88. The third kappa shape index (κ3) is 30.2. The lowest BCUT2D eigenvalue weighted by Gasteiger charge is -2.07. The van der Waals surface area contributed by atoms with Crippen LogP contribution in [0.15, 0.2) is 29.2 Å². The molecule has 0 bridgehead atoms. The first kappa shape index (κ1) is 44.4. The van der Waals surface area contributed by atoms with Crippen molar-refractivity contribution in [2.45, 2.75) is 154 Å². The number of benzene rings is 1. The van der Waals surface area contributed by atoms with Gasteiger partial charge in [0.2, 0.25) is 0 Å². The van der Waals surface area contributed by atoms with Crippen LogP contribution in [0.5, 0.6) is 0 Å². The molecule has 0 saturated carbocycles. The Morgan fingerprint density at radius 1 is 0.561 bits per heavy atom. The quantitative estimate of drug-likeness (QED) is 0.0639. The van der Waals surface area contributed by atoms with Crippen LogP contribution in [-0.2, 0) is 31.1 Å². The minimum atomic E-state index is -4.23. The van der Waals surface area contributed by atoms with Gasteiger partial charge in [0.1, 0.15) is 0 Å². The van der Waals surface area contributed by atoms with Gasteiger partial charge in [-0.3, -0.25) is 9.11 Å². The molecule has 1 rings (SSSR count). The second kappa shape index (κ2) is 29.0. The van der Waals surface area contributed by atoms with E-state index < -0.39 is 20.5 Å². The van der Waals surface area contributed by atoms with Crippen molar-refractivity contribution < 1.29 is 30.1 Å². The molecule has 246 valence electrons. The number of hydrogen-bond donors (Lipinski definition) is 4. The summed E-state index contributed by atoms with van der Waals surface area (Å²) in [6.07, 6.45) is 25.2. The molecule has 0 unspecified atom stereocenters. The molecule has 0 spiro atoms. The molecule has 0 aliphatic rings. The maximum absolute atomic E-state index is 11.3. The van der Waals surface area contributed by atoms with Crippen molar-refractivity contribution in [2.24, 2.45) is 0 Å². The largest absolute Gasteiger partial charge is 0.397 e. The Balaban J connectivity index is -0.000000693. The third-order valence-corrected chi connectivity index (χ3v) is 8.20. The van der Waals surface area contributed by atoms with E-state index in [1.807, 2.05) is 6.07 Å². The van der Waals surface area contributed by atoms with E-state index in [-0.39, 0.29) is 23.8 Å². The van der Waals surface area contributed by atoms with Crippen LogP contribution < -0.4 is 12.3 Å². The van der Waals surface area contributed by atoms with E-state index in [2.05, 4.69) is 18.0 Å². The van der Waals surface area contributed by atoms with Crippen molar-refractivity contribution in [1.29, 1.82) is 0 Å². The van der Waals surface area contributed by atoms with E-state index in [9.17, 15) is 21.4 Å². The molecule has 0 saturated heterocycles. The van der Waals surface area contributed by atoms with Crippen LogP contribution in [0, 0.1) is 0 Å². The Kier molecular flexibility index (Phi) is 31.4. The van der Waals surface area contributed by atoms with E-state index in [1.165, 1.54) is 102 Å². The molecule has 0 aromatic heterocycles. The molecule has 0 heterocycles. The standard InChI is InChI=1S/C18H30O3S.C12H26O4S.2H3N/c1-2-3-4-5-6-7-8-9-10-11-14-17-15-12-13-16-18(17)22(19,20)21;1-2-3-4-5-6-7-8-9-10-11-12-16-17(13,14)15;;/h12-13,15-16H,2-11,14H2,1H3,(H,19,20,21);2-12H2,1H3,(H,13,14,15);2*1H3. The second-order valence-electron chi connectivity index (χ2n) is 10.4. The maximum atomic E-state index is 11.3. The van der Waals surface area contributed by atoms with Crippen molar-refractivity contribution >= 4 is 20.5 Å². The summed E-state index contributed by atoms with van der Waals surface area (Å²) < 4.78 is 64.8. The first-order chi connectivity index (χ1) is 18.6. The summed E-state index contributed by atoms with van der Waals surface area (Å²) in [5, 5.41) is 0.